The van der Waals surface area contributed by atoms with E-state index in [1.54, 1.807) is 13.0 Å². The van der Waals surface area contributed by atoms with Gasteiger partial charge in [-0.1, -0.05) is 0 Å². The summed E-state index contributed by atoms with van der Waals surface area (Å²) in [6, 6.07) is 1.59. The fourth-order valence-electron chi connectivity index (χ4n) is 1.19. The second kappa shape index (κ2) is 4.82. The molecular weight excluding hydrogens is 319 g/mol. The van der Waals surface area contributed by atoms with Gasteiger partial charge in [0.2, 0.25) is 0 Å². The van der Waals surface area contributed by atoms with Crippen LogP contribution in [0.5, 0.6) is 0 Å². The molecule has 0 unspecified atom stereocenters. The van der Waals surface area contributed by atoms with Gasteiger partial charge in [0.1, 0.15) is 5.69 Å². The number of carboxylic acid groups (broad SMARTS) is 1. The molecule has 1 aromatic rings. The van der Waals surface area contributed by atoms with Crippen LogP contribution in [0.15, 0.2) is 6.07 Å². The Kier molecular flexibility index (Phi) is 3.95. The van der Waals surface area contributed by atoms with Crippen LogP contribution in [0, 0.1) is 10.5 Å². The summed E-state index contributed by atoms with van der Waals surface area (Å²) in [4.78, 5) is 14.2. The quantitative estimate of drug-likeness (QED) is 0.868. The maximum atomic E-state index is 12.6. The SMILES string of the molecule is Cc1cc(I)c(CC(=O)O)c(C(F)F)n1. The van der Waals surface area contributed by atoms with E-state index in [-0.39, 0.29) is 5.56 Å². The number of alkyl halides is 2. The summed E-state index contributed by atoms with van der Waals surface area (Å²) in [6.45, 7) is 1.60. The van der Waals surface area contributed by atoms with Crippen LogP contribution in [-0.2, 0) is 11.2 Å². The maximum absolute atomic E-state index is 12.6. The van der Waals surface area contributed by atoms with Crippen molar-refractivity contribution in [2.45, 2.75) is 19.8 Å². The summed E-state index contributed by atoms with van der Waals surface area (Å²) in [5.74, 6) is -1.14. The Morgan fingerprint density at radius 1 is 1.67 bits per heavy atom. The van der Waals surface area contributed by atoms with Crippen molar-refractivity contribution in [3.8, 4) is 0 Å². The van der Waals surface area contributed by atoms with E-state index in [1.807, 2.05) is 22.6 Å². The third-order valence-electron chi connectivity index (χ3n) is 1.76. The molecule has 0 aliphatic carbocycles. The number of hydrogen-bond acceptors (Lipinski definition) is 2. The number of carbonyl (C=O) groups is 1. The highest BCUT2D eigenvalue weighted by Gasteiger charge is 2.19. The predicted molar refractivity (Wildman–Crippen MR) is 58.0 cm³/mol. The van der Waals surface area contributed by atoms with Crippen LogP contribution in [0.2, 0.25) is 0 Å². The standard InChI is InChI=1S/C9H8F2INO2/c1-4-2-6(12)5(3-7(14)15)8(13-4)9(10)11/h2,9H,3H2,1H3,(H,14,15). The van der Waals surface area contributed by atoms with Crippen molar-refractivity contribution >= 4 is 28.6 Å². The Labute approximate surface area is 98.7 Å². The van der Waals surface area contributed by atoms with Gasteiger partial charge in [-0.05, 0) is 35.6 Å². The Balaban J connectivity index is 3.26. The molecule has 0 saturated heterocycles. The Morgan fingerprint density at radius 3 is 2.73 bits per heavy atom. The number of pyridine rings is 1. The van der Waals surface area contributed by atoms with Crippen LogP contribution in [0.4, 0.5) is 8.78 Å². The minimum absolute atomic E-state index is 0.101. The lowest BCUT2D eigenvalue weighted by atomic mass is 10.1. The first-order chi connectivity index (χ1) is 6.91. The van der Waals surface area contributed by atoms with Gasteiger partial charge in [0.25, 0.3) is 6.43 Å². The van der Waals surface area contributed by atoms with Crippen molar-refractivity contribution in [2.75, 3.05) is 0 Å². The number of carboxylic acids is 1. The Hall–Kier alpha value is -0.790. The molecule has 0 atom stereocenters. The fourth-order valence-corrected chi connectivity index (χ4v) is 2.11. The first-order valence-electron chi connectivity index (χ1n) is 4.07. The van der Waals surface area contributed by atoms with Crippen molar-refractivity contribution in [2.24, 2.45) is 0 Å². The lowest BCUT2D eigenvalue weighted by molar-refractivity contribution is -0.136. The second-order valence-corrected chi connectivity index (χ2v) is 4.14. The molecule has 1 N–H and O–H groups in total. The molecule has 6 heteroatoms. The topological polar surface area (TPSA) is 50.2 Å². The number of hydrogen-bond donors (Lipinski definition) is 1. The molecule has 1 rings (SSSR count). The summed E-state index contributed by atoms with van der Waals surface area (Å²) in [5, 5.41) is 8.59. The van der Waals surface area contributed by atoms with Crippen molar-refractivity contribution in [3.63, 3.8) is 0 Å². The number of aliphatic carboxylic acids is 1. The van der Waals surface area contributed by atoms with Gasteiger partial charge in [-0.25, -0.2) is 8.78 Å². The van der Waals surface area contributed by atoms with Crippen molar-refractivity contribution in [1.29, 1.82) is 0 Å². The minimum Gasteiger partial charge on any atom is -0.481 e. The molecule has 0 saturated carbocycles. The van der Waals surface area contributed by atoms with Crippen LogP contribution in [-0.4, -0.2) is 16.1 Å². The predicted octanol–water partition coefficient (Wildman–Crippen LogP) is 2.56. The molecule has 0 spiro atoms. The van der Waals surface area contributed by atoms with Crippen LogP contribution in [0.1, 0.15) is 23.4 Å². The Bertz CT molecular complexity index is 396. The summed E-state index contributed by atoms with van der Waals surface area (Å²) in [5.41, 5.74) is 0.134. The van der Waals surface area contributed by atoms with Gasteiger partial charge >= 0.3 is 5.97 Å². The second-order valence-electron chi connectivity index (χ2n) is 2.98. The molecule has 3 nitrogen and oxygen atoms in total. The van der Waals surface area contributed by atoms with Crippen molar-refractivity contribution < 1.29 is 18.7 Å². The summed E-state index contributed by atoms with van der Waals surface area (Å²) >= 11 is 1.84. The molecule has 0 aromatic carbocycles. The average Bonchev–Trinajstić information content (AvgIpc) is 2.08. The molecule has 0 bridgehead atoms. The fraction of sp³-hybridized carbons (Fsp3) is 0.333. The van der Waals surface area contributed by atoms with E-state index >= 15 is 0 Å². The first kappa shape index (κ1) is 12.3. The van der Waals surface area contributed by atoms with Crippen LogP contribution >= 0.6 is 22.6 Å². The summed E-state index contributed by atoms with van der Waals surface area (Å²) < 4.78 is 25.7. The molecule has 0 aliphatic rings. The number of aryl methyl sites for hydroxylation is 1. The molecule has 1 aromatic heterocycles. The molecule has 1 heterocycles. The van der Waals surface area contributed by atoms with Gasteiger partial charge < -0.3 is 5.11 Å². The smallest absolute Gasteiger partial charge is 0.307 e. The zero-order valence-corrected chi connectivity index (χ0v) is 9.96. The number of aromatic nitrogens is 1. The molecule has 0 radical (unpaired) electrons. The Morgan fingerprint density at radius 2 is 2.27 bits per heavy atom. The molecule has 0 fully saturated rings. The van der Waals surface area contributed by atoms with Crippen molar-refractivity contribution in [1.82, 2.24) is 4.98 Å². The van der Waals surface area contributed by atoms with E-state index in [2.05, 4.69) is 4.98 Å². The maximum Gasteiger partial charge on any atom is 0.307 e. The third kappa shape index (κ3) is 3.08. The lowest BCUT2D eigenvalue weighted by Crippen LogP contribution is -2.09. The van der Waals surface area contributed by atoms with E-state index in [0.717, 1.165) is 0 Å². The monoisotopic (exact) mass is 327 g/mol. The molecule has 0 aliphatic heterocycles. The van der Waals surface area contributed by atoms with Gasteiger partial charge in [0.05, 0.1) is 6.42 Å². The molecular formula is C9H8F2INO2. The van der Waals surface area contributed by atoms with E-state index in [0.29, 0.717) is 9.26 Å². The van der Waals surface area contributed by atoms with Gasteiger partial charge in [0, 0.05) is 14.8 Å². The van der Waals surface area contributed by atoms with Gasteiger partial charge in [-0.15, -0.1) is 0 Å². The lowest BCUT2D eigenvalue weighted by Gasteiger charge is -2.09. The van der Waals surface area contributed by atoms with Gasteiger partial charge in [-0.3, -0.25) is 9.78 Å². The number of rotatable bonds is 3. The van der Waals surface area contributed by atoms with Crippen LogP contribution < -0.4 is 0 Å². The average molecular weight is 327 g/mol. The highest BCUT2D eigenvalue weighted by Crippen LogP contribution is 2.25. The molecule has 82 valence electrons. The number of halogens is 3. The van der Waals surface area contributed by atoms with Crippen molar-refractivity contribution in [3.05, 3.63) is 26.6 Å². The van der Waals surface area contributed by atoms with E-state index in [4.69, 9.17) is 5.11 Å². The highest BCUT2D eigenvalue weighted by molar-refractivity contribution is 14.1. The first-order valence-corrected chi connectivity index (χ1v) is 5.15. The number of nitrogens with zero attached hydrogens (tertiary/aromatic N) is 1. The third-order valence-corrected chi connectivity index (χ3v) is 2.73. The largest absolute Gasteiger partial charge is 0.481 e. The van der Waals surface area contributed by atoms with Crippen LogP contribution in [0.3, 0.4) is 0 Å². The zero-order chi connectivity index (χ0) is 11.6. The highest BCUT2D eigenvalue weighted by atomic mass is 127. The van der Waals surface area contributed by atoms with Crippen LogP contribution in [0.25, 0.3) is 0 Å². The molecule has 15 heavy (non-hydrogen) atoms. The van der Waals surface area contributed by atoms with E-state index in [9.17, 15) is 13.6 Å². The summed E-state index contributed by atoms with van der Waals surface area (Å²) in [6.07, 6.45) is -3.17. The zero-order valence-electron chi connectivity index (χ0n) is 7.80. The minimum atomic E-state index is -2.74. The van der Waals surface area contributed by atoms with Gasteiger partial charge in [-0.2, -0.15) is 0 Å². The normalized spacial score (nSPS) is 10.7. The summed E-state index contributed by atoms with van der Waals surface area (Å²) in [7, 11) is 0. The van der Waals surface area contributed by atoms with Gasteiger partial charge in [0.15, 0.2) is 0 Å². The van der Waals surface area contributed by atoms with E-state index < -0.39 is 24.5 Å². The molecule has 0 amide bonds. The van der Waals surface area contributed by atoms with E-state index in [1.165, 1.54) is 0 Å².